The van der Waals surface area contributed by atoms with Gasteiger partial charge in [0.15, 0.2) is 17.5 Å². The van der Waals surface area contributed by atoms with Crippen LogP contribution in [0.5, 0.6) is 0 Å². The molecule has 4 heterocycles. The summed E-state index contributed by atoms with van der Waals surface area (Å²) >= 11 is 0. The maximum absolute atomic E-state index is 4.89. The van der Waals surface area contributed by atoms with Gasteiger partial charge in [-0.05, 0) is 105 Å². The molecule has 0 N–H and O–H groups in total. The summed E-state index contributed by atoms with van der Waals surface area (Å²) in [5.74, 6) is 1.81. The Balaban J connectivity index is 0.918. The monoisotopic (exact) mass is 744 g/mol. The fourth-order valence-corrected chi connectivity index (χ4v) is 8.70. The molecule has 4 aromatic heterocycles. The Labute approximate surface area is 336 Å². The molecule has 0 spiro atoms. The fraction of sp³-hybridized carbons (Fsp3) is 0.0577. The molecule has 0 amide bonds. The molecule has 0 aliphatic heterocycles. The fourth-order valence-electron chi connectivity index (χ4n) is 8.70. The maximum atomic E-state index is 4.89. The van der Waals surface area contributed by atoms with Crippen LogP contribution in [-0.4, -0.2) is 29.5 Å². The molecule has 274 valence electrons. The molecule has 0 unspecified atom stereocenters. The van der Waals surface area contributed by atoms with Gasteiger partial charge in [0, 0.05) is 63.4 Å². The first-order chi connectivity index (χ1) is 28.5. The highest BCUT2D eigenvalue weighted by molar-refractivity contribution is 6.09. The number of para-hydroxylation sites is 2. The van der Waals surface area contributed by atoms with Gasteiger partial charge in [0.2, 0.25) is 0 Å². The summed E-state index contributed by atoms with van der Waals surface area (Å²) in [4.78, 5) is 22.9. The van der Waals surface area contributed by atoms with Gasteiger partial charge in [0.1, 0.15) is 0 Å². The second-order valence-electron chi connectivity index (χ2n) is 15.4. The van der Waals surface area contributed by atoms with E-state index in [1.54, 1.807) is 24.8 Å². The Hall–Kier alpha value is -7.57. The molecule has 0 saturated heterocycles. The summed E-state index contributed by atoms with van der Waals surface area (Å²) in [6, 6.07) is 56.4. The number of pyridine rings is 2. The molecule has 0 saturated carbocycles. The van der Waals surface area contributed by atoms with Gasteiger partial charge in [0.05, 0.1) is 11.0 Å². The van der Waals surface area contributed by atoms with Crippen LogP contribution in [0.2, 0.25) is 0 Å². The van der Waals surface area contributed by atoms with E-state index in [2.05, 4.69) is 162 Å². The molecule has 0 fully saturated rings. The van der Waals surface area contributed by atoms with Gasteiger partial charge in [0.25, 0.3) is 0 Å². The Morgan fingerprint density at radius 1 is 0.379 bits per heavy atom. The second-order valence-corrected chi connectivity index (χ2v) is 15.4. The van der Waals surface area contributed by atoms with Crippen molar-refractivity contribution in [3.05, 3.63) is 194 Å². The Morgan fingerprint density at radius 2 is 0.810 bits per heavy atom. The van der Waals surface area contributed by atoms with Gasteiger partial charge in [-0.3, -0.25) is 9.97 Å². The average molecular weight is 745 g/mol. The van der Waals surface area contributed by atoms with E-state index in [-0.39, 0.29) is 5.41 Å². The minimum Gasteiger partial charge on any atom is -0.309 e. The van der Waals surface area contributed by atoms with Crippen LogP contribution < -0.4 is 0 Å². The summed E-state index contributed by atoms with van der Waals surface area (Å²) in [7, 11) is 0. The lowest BCUT2D eigenvalue weighted by Crippen LogP contribution is -2.15. The standard InChI is InChI=1S/C52H36N6/c1-52(2)45-31-38(33-14-16-34(17-15-33)49-55-50(35-22-26-53-27-23-35)57-51(56-49)36-24-28-54-29-25-36)18-20-41(45)42-21-19-39(32-46(42)52)37-8-7-9-40(30-37)58-47-12-5-3-10-43(47)44-11-4-6-13-48(44)58/h3-32H,1-2H3. The van der Waals surface area contributed by atoms with Gasteiger partial charge in [-0.25, -0.2) is 15.0 Å². The molecule has 1 aliphatic rings. The third kappa shape index (κ3) is 5.52. The van der Waals surface area contributed by atoms with Crippen LogP contribution in [0.1, 0.15) is 25.0 Å². The van der Waals surface area contributed by atoms with Crippen molar-refractivity contribution in [1.82, 2.24) is 29.5 Å². The number of rotatable bonds is 6. The van der Waals surface area contributed by atoms with E-state index in [9.17, 15) is 0 Å². The van der Waals surface area contributed by atoms with Crippen molar-refractivity contribution in [2.45, 2.75) is 19.3 Å². The van der Waals surface area contributed by atoms with Gasteiger partial charge in [-0.15, -0.1) is 0 Å². The first-order valence-corrected chi connectivity index (χ1v) is 19.6. The Bertz CT molecular complexity index is 3070. The Morgan fingerprint density at radius 3 is 1.34 bits per heavy atom. The molecule has 1 aliphatic carbocycles. The highest BCUT2D eigenvalue weighted by Crippen LogP contribution is 2.51. The van der Waals surface area contributed by atoms with Crippen LogP contribution in [0, 0.1) is 0 Å². The lowest BCUT2D eigenvalue weighted by Gasteiger charge is -2.23. The number of hydrogen-bond donors (Lipinski definition) is 0. The van der Waals surface area contributed by atoms with Gasteiger partial charge in [-0.1, -0.05) is 111 Å². The van der Waals surface area contributed by atoms with Crippen molar-refractivity contribution in [3.63, 3.8) is 0 Å². The molecule has 6 nitrogen and oxygen atoms in total. The summed E-state index contributed by atoms with van der Waals surface area (Å²) in [6.45, 7) is 4.70. The van der Waals surface area contributed by atoms with E-state index in [4.69, 9.17) is 15.0 Å². The largest absolute Gasteiger partial charge is 0.309 e. The molecule has 58 heavy (non-hydrogen) atoms. The van der Waals surface area contributed by atoms with Crippen LogP contribution in [0.25, 0.3) is 95.0 Å². The maximum Gasteiger partial charge on any atom is 0.164 e. The number of nitrogens with zero attached hydrogens (tertiary/aromatic N) is 6. The van der Waals surface area contributed by atoms with Crippen molar-refractivity contribution in [2.75, 3.05) is 0 Å². The normalized spacial score (nSPS) is 12.8. The van der Waals surface area contributed by atoms with Crippen molar-refractivity contribution in [3.8, 4) is 73.2 Å². The number of fused-ring (bicyclic) bond motifs is 6. The summed E-state index contributed by atoms with van der Waals surface area (Å²) in [5.41, 5.74) is 16.1. The lowest BCUT2D eigenvalue weighted by molar-refractivity contribution is 0.661. The SMILES string of the molecule is CC1(C)c2cc(-c3ccc(-c4nc(-c5ccncc5)nc(-c5ccncc5)n4)cc3)ccc2-c2ccc(-c3cccc(-n4c5ccccc5c5ccccc54)c3)cc21. The molecular formula is C52H36N6. The molecular weight excluding hydrogens is 709 g/mol. The van der Waals surface area contributed by atoms with Gasteiger partial charge in [-0.2, -0.15) is 0 Å². The van der Waals surface area contributed by atoms with Crippen LogP contribution in [-0.2, 0) is 5.41 Å². The molecule has 6 aromatic carbocycles. The van der Waals surface area contributed by atoms with E-state index in [1.165, 1.54) is 60.8 Å². The van der Waals surface area contributed by atoms with E-state index in [1.807, 2.05) is 24.3 Å². The van der Waals surface area contributed by atoms with E-state index >= 15 is 0 Å². The van der Waals surface area contributed by atoms with E-state index < -0.39 is 0 Å². The molecule has 0 bridgehead atoms. The topological polar surface area (TPSA) is 69.4 Å². The molecule has 0 radical (unpaired) electrons. The highest BCUT2D eigenvalue weighted by atomic mass is 15.0. The highest BCUT2D eigenvalue weighted by Gasteiger charge is 2.36. The molecule has 11 rings (SSSR count). The van der Waals surface area contributed by atoms with E-state index in [0.717, 1.165) is 27.9 Å². The summed E-state index contributed by atoms with van der Waals surface area (Å²) in [5, 5.41) is 2.54. The predicted octanol–water partition coefficient (Wildman–Crippen LogP) is 12.4. The van der Waals surface area contributed by atoms with Crippen LogP contribution in [0.15, 0.2) is 183 Å². The zero-order valence-corrected chi connectivity index (χ0v) is 32.0. The summed E-state index contributed by atoms with van der Waals surface area (Å²) in [6.07, 6.45) is 7.01. The minimum absolute atomic E-state index is 0.182. The predicted molar refractivity (Wildman–Crippen MR) is 234 cm³/mol. The lowest BCUT2D eigenvalue weighted by atomic mass is 9.81. The first kappa shape index (κ1) is 33.7. The Kier molecular flexibility index (Phi) is 7.73. The average Bonchev–Trinajstić information content (AvgIpc) is 3.74. The molecule has 0 atom stereocenters. The smallest absolute Gasteiger partial charge is 0.164 e. The quantitative estimate of drug-likeness (QED) is 0.170. The van der Waals surface area contributed by atoms with Crippen molar-refractivity contribution < 1.29 is 0 Å². The minimum atomic E-state index is -0.182. The van der Waals surface area contributed by atoms with Crippen LogP contribution in [0.3, 0.4) is 0 Å². The molecule has 6 heteroatoms. The van der Waals surface area contributed by atoms with Gasteiger partial charge < -0.3 is 4.57 Å². The number of benzene rings is 6. The van der Waals surface area contributed by atoms with Crippen molar-refractivity contribution in [2.24, 2.45) is 0 Å². The van der Waals surface area contributed by atoms with Crippen LogP contribution in [0.4, 0.5) is 0 Å². The second kappa shape index (κ2) is 13.3. The number of hydrogen-bond acceptors (Lipinski definition) is 5. The zero-order valence-electron chi connectivity index (χ0n) is 32.0. The third-order valence-corrected chi connectivity index (χ3v) is 11.7. The zero-order chi connectivity index (χ0) is 38.8. The van der Waals surface area contributed by atoms with Gasteiger partial charge >= 0.3 is 0 Å². The van der Waals surface area contributed by atoms with Crippen LogP contribution >= 0.6 is 0 Å². The number of aromatic nitrogens is 6. The first-order valence-electron chi connectivity index (χ1n) is 19.6. The molecule has 10 aromatic rings. The summed E-state index contributed by atoms with van der Waals surface area (Å²) < 4.78 is 2.39. The van der Waals surface area contributed by atoms with E-state index in [0.29, 0.717) is 17.5 Å². The third-order valence-electron chi connectivity index (χ3n) is 11.7. The van der Waals surface area contributed by atoms with Crippen molar-refractivity contribution >= 4 is 21.8 Å². The van der Waals surface area contributed by atoms with Crippen molar-refractivity contribution in [1.29, 1.82) is 0 Å².